The van der Waals surface area contributed by atoms with E-state index in [9.17, 15) is 4.79 Å². The molecule has 0 aliphatic carbocycles. The van der Waals surface area contributed by atoms with Crippen molar-refractivity contribution in [2.75, 3.05) is 60.6 Å². The zero-order valence-electron chi connectivity index (χ0n) is 16.9. The molecule has 0 radical (unpaired) electrons. The van der Waals surface area contributed by atoms with Crippen molar-refractivity contribution in [2.24, 2.45) is 0 Å². The molecule has 6 heteroatoms. The summed E-state index contributed by atoms with van der Waals surface area (Å²) in [7, 11) is 5.62. The standard InChI is InChI=1S/C21H33N3O3/c1-22-11-12-23(16-18-5-4-6-19(15-18)27-3)17-21(22)8-7-20(25)24(10-9-21)13-14-26-2/h4-6,15H,7-14,16-17H2,1-3H3/t21-/m0/s1. The van der Waals surface area contributed by atoms with E-state index < -0.39 is 0 Å². The highest BCUT2D eigenvalue weighted by Gasteiger charge is 2.42. The lowest BCUT2D eigenvalue weighted by Gasteiger charge is -2.49. The highest BCUT2D eigenvalue weighted by molar-refractivity contribution is 5.76. The zero-order valence-corrected chi connectivity index (χ0v) is 16.9. The molecular weight excluding hydrogens is 342 g/mol. The number of carbonyl (C=O) groups is 1. The Kier molecular flexibility index (Phi) is 6.73. The summed E-state index contributed by atoms with van der Waals surface area (Å²) in [6, 6.07) is 8.32. The lowest BCUT2D eigenvalue weighted by atomic mass is 9.86. The Bertz CT molecular complexity index is 639. The van der Waals surface area contributed by atoms with Crippen LogP contribution in [0.25, 0.3) is 0 Å². The number of likely N-dealkylation sites (N-methyl/N-ethyl adjacent to an activating group) is 1. The number of hydrogen-bond acceptors (Lipinski definition) is 5. The van der Waals surface area contributed by atoms with E-state index in [1.54, 1.807) is 14.2 Å². The van der Waals surface area contributed by atoms with Crippen molar-refractivity contribution in [1.82, 2.24) is 14.7 Å². The van der Waals surface area contributed by atoms with E-state index in [1.807, 2.05) is 11.0 Å². The number of nitrogens with zero attached hydrogens (tertiary/aromatic N) is 3. The average Bonchev–Trinajstić information content (AvgIpc) is 2.83. The van der Waals surface area contributed by atoms with Crippen LogP contribution in [0.15, 0.2) is 24.3 Å². The third-order valence-corrected chi connectivity index (χ3v) is 6.19. The van der Waals surface area contributed by atoms with Gasteiger partial charge in [-0.15, -0.1) is 0 Å². The van der Waals surface area contributed by atoms with Crippen LogP contribution in [0.1, 0.15) is 24.8 Å². The SMILES string of the molecule is COCCN1CC[C@@]2(CCC1=O)CN(Cc1cccc(OC)c1)CCN2C. The van der Waals surface area contributed by atoms with E-state index in [1.165, 1.54) is 5.56 Å². The molecule has 0 N–H and O–H groups in total. The molecule has 0 bridgehead atoms. The summed E-state index contributed by atoms with van der Waals surface area (Å²) in [6.45, 7) is 6.14. The molecule has 0 unspecified atom stereocenters. The van der Waals surface area contributed by atoms with Gasteiger partial charge in [0.15, 0.2) is 0 Å². The molecule has 3 rings (SSSR count). The molecule has 2 aliphatic heterocycles. The van der Waals surface area contributed by atoms with Crippen LogP contribution in [-0.4, -0.2) is 86.7 Å². The van der Waals surface area contributed by atoms with Crippen LogP contribution in [0.3, 0.4) is 0 Å². The van der Waals surface area contributed by atoms with Crippen molar-refractivity contribution in [1.29, 1.82) is 0 Å². The fourth-order valence-electron chi connectivity index (χ4n) is 4.38. The van der Waals surface area contributed by atoms with Gasteiger partial charge in [0.2, 0.25) is 5.91 Å². The van der Waals surface area contributed by atoms with Crippen molar-refractivity contribution in [3.05, 3.63) is 29.8 Å². The number of ether oxygens (including phenoxy) is 2. The Hall–Kier alpha value is -1.63. The summed E-state index contributed by atoms with van der Waals surface area (Å²) in [5, 5.41) is 0. The number of likely N-dealkylation sites (tertiary alicyclic amines) is 1. The lowest BCUT2D eigenvalue weighted by molar-refractivity contribution is -0.131. The van der Waals surface area contributed by atoms with E-state index in [0.717, 1.165) is 51.3 Å². The third kappa shape index (κ3) is 4.81. The summed E-state index contributed by atoms with van der Waals surface area (Å²) in [4.78, 5) is 19.5. The molecule has 1 atom stereocenters. The second-order valence-electron chi connectivity index (χ2n) is 7.83. The van der Waals surface area contributed by atoms with Gasteiger partial charge in [-0.3, -0.25) is 14.6 Å². The van der Waals surface area contributed by atoms with Crippen molar-refractivity contribution < 1.29 is 14.3 Å². The Morgan fingerprint density at radius 1 is 1.15 bits per heavy atom. The Labute approximate surface area is 163 Å². The van der Waals surface area contributed by atoms with Crippen LogP contribution in [0.2, 0.25) is 0 Å². The Morgan fingerprint density at radius 2 is 2.00 bits per heavy atom. The van der Waals surface area contributed by atoms with Gasteiger partial charge in [-0.05, 0) is 37.6 Å². The minimum Gasteiger partial charge on any atom is -0.497 e. The smallest absolute Gasteiger partial charge is 0.222 e. The molecule has 0 saturated carbocycles. The molecule has 2 aliphatic rings. The highest BCUT2D eigenvalue weighted by atomic mass is 16.5. The second kappa shape index (κ2) is 9.04. The normalized spacial score (nSPS) is 25.0. The topological polar surface area (TPSA) is 45.3 Å². The number of methoxy groups -OCH3 is 2. The predicted octanol–water partition coefficient (Wildman–Crippen LogP) is 1.84. The Balaban J connectivity index is 1.67. The largest absolute Gasteiger partial charge is 0.497 e. The van der Waals surface area contributed by atoms with Gasteiger partial charge in [-0.2, -0.15) is 0 Å². The molecule has 1 spiro atoms. The lowest BCUT2D eigenvalue weighted by Crippen LogP contribution is -2.60. The highest BCUT2D eigenvalue weighted by Crippen LogP contribution is 2.32. The van der Waals surface area contributed by atoms with Crippen LogP contribution >= 0.6 is 0 Å². The fourth-order valence-corrected chi connectivity index (χ4v) is 4.38. The van der Waals surface area contributed by atoms with Gasteiger partial charge in [0.1, 0.15) is 5.75 Å². The summed E-state index contributed by atoms with van der Waals surface area (Å²) >= 11 is 0. The average molecular weight is 376 g/mol. The van der Waals surface area contributed by atoms with Gasteiger partial charge in [-0.1, -0.05) is 12.1 Å². The minimum absolute atomic E-state index is 0.0780. The van der Waals surface area contributed by atoms with Crippen LogP contribution in [0.5, 0.6) is 5.75 Å². The van der Waals surface area contributed by atoms with E-state index in [0.29, 0.717) is 19.6 Å². The molecule has 1 aromatic rings. The molecule has 1 aromatic carbocycles. The summed E-state index contributed by atoms with van der Waals surface area (Å²) < 4.78 is 10.5. The summed E-state index contributed by atoms with van der Waals surface area (Å²) in [6.07, 6.45) is 2.58. The fraction of sp³-hybridized carbons (Fsp3) is 0.667. The van der Waals surface area contributed by atoms with E-state index in [2.05, 4.69) is 35.0 Å². The molecule has 150 valence electrons. The number of benzene rings is 1. The number of carbonyl (C=O) groups excluding carboxylic acids is 1. The van der Waals surface area contributed by atoms with E-state index >= 15 is 0 Å². The number of amides is 1. The maximum atomic E-state index is 12.5. The first-order chi connectivity index (χ1) is 13.1. The van der Waals surface area contributed by atoms with Gasteiger partial charge in [0, 0.05) is 58.3 Å². The van der Waals surface area contributed by atoms with E-state index in [4.69, 9.17) is 9.47 Å². The van der Waals surface area contributed by atoms with Crippen LogP contribution in [-0.2, 0) is 16.1 Å². The first-order valence-corrected chi connectivity index (χ1v) is 9.89. The zero-order chi connectivity index (χ0) is 19.3. The van der Waals surface area contributed by atoms with Crippen LogP contribution in [0.4, 0.5) is 0 Å². The Morgan fingerprint density at radius 3 is 2.78 bits per heavy atom. The first kappa shape index (κ1) is 20.1. The third-order valence-electron chi connectivity index (χ3n) is 6.19. The predicted molar refractivity (Wildman–Crippen MR) is 106 cm³/mol. The van der Waals surface area contributed by atoms with Crippen molar-refractivity contribution in [3.63, 3.8) is 0 Å². The second-order valence-corrected chi connectivity index (χ2v) is 7.83. The number of rotatable bonds is 6. The van der Waals surface area contributed by atoms with Gasteiger partial charge < -0.3 is 14.4 Å². The van der Waals surface area contributed by atoms with Crippen molar-refractivity contribution >= 4 is 5.91 Å². The van der Waals surface area contributed by atoms with Gasteiger partial charge in [-0.25, -0.2) is 0 Å². The monoisotopic (exact) mass is 375 g/mol. The van der Waals surface area contributed by atoms with Gasteiger partial charge >= 0.3 is 0 Å². The first-order valence-electron chi connectivity index (χ1n) is 9.89. The van der Waals surface area contributed by atoms with Crippen molar-refractivity contribution in [3.8, 4) is 5.75 Å². The van der Waals surface area contributed by atoms with Gasteiger partial charge in [0.25, 0.3) is 0 Å². The van der Waals surface area contributed by atoms with Crippen LogP contribution in [0, 0.1) is 0 Å². The van der Waals surface area contributed by atoms with Crippen LogP contribution < -0.4 is 4.74 Å². The minimum atomic E-state index is 0.0780. The molecular formula is C21H33N3O3. The summed E-state index contributed by atoms with van der Waals surface area (Å²) in [5.41, 5.74) is 1.36. The molecule has 2 saturated heterocycles. The maximum Gasteiger partial charge on any atom is 0.222 e. The van der Waals surface area contributed by atoms with Gasteiger partial charge in [0.05, 0.1) is 13.7 Å². The van der Waals surface area contributed by atoms with Crippen molar-refractivity contribution in [2.45, 2.75) is 31.3 Å². The molecule has 6 nitrogen and oxygen atoms in total. The molecule has 2 heterocycles. The summed E-state index contributed by atoms with van der Waals surface area (Å²) in [5.74, 6) is 1.17. The molecule has 0 aromatic heterocycles. The quantitative estimate of drug-likeness (QED) is 0.759. The number of piperazine rings is 1. The molecule has 2 fully saturated rings. The molecule has 27 heavy (non-hydrogen) atoms. The molecule has 1 amide bonds. The number of hydrogen-bond donors (Lipinski definition) is 0. The van der Waals surface area contributed by atoms with E-state index in [-0.39, 0.29) is 11.4 Å². The maximum absolute atomic E-state index is 12.5.